The Morgan fingerprint density at radius 1 is 0.453 bits per heavy atom. The highest BCUT2D eigenvalue weighted by Crippen LogP contribution is 2.40. The standard InChI is InChI=1S/C46H37BN4O2/c1-45(2)46(3,4)53-47(52-45)41-29-35(32-24-22-31(30-48)23-25-32)26-27-40(41)39-21-12-11-20-38(39)36-18-13-19-37(28-36)44-50-42(33-14-7-5-8-15-33)49-43(51-44)34-16-9-6-10-17-34/h5-29H,1-4H3. The van der Waals surface area contributed by atoms with E-state index in [9.17, 15) is 5.26 Å². The fourth-order valence-corrected chi connectivity index (χ4v) is 6.62. The van der Waals surface area contributed by atoms with Gasteiger partial charge in [-0.25, -0.2) is 15.0 Å². The van der Waals surface area contributed by atoms with Gasteiger partial charge in [-0.2, -0.15) is 5.26 Å². The second kappa shape index (κ2) is 13.7. The molecule has 6 aromatic carbocycles. The second-order valence-electron chi connectivity index (χ2n) is 14.2. The number of rotatable bonds is 7. The van der Waals surface area contributed by atoms with E-state index in [-0.39, 0.29) is 0 Å². The minimum atomic E-state index is -0.592. The van der Waals surface area contributed by atoms with Crippen molar-refractivity contribution in [2.45, 2.75) is 38.9 Å². The van der Waals surface area contributed by atoms with Crippen molar-refractivity contribution in [2.75, 3.05) is 0 Å². The summed E-state index contributed by atoms with van der Waals surface area (Å²) in [6.45, 7) is 8.29. The molecule has 0 saturated carbocycles. The molecule has 1 aliphatic rings. The van der Waals surface area contributed by atoms with E-state index in [0.29, 0.717) is 23.0 Å². The zero-order chi connectivity index (χ0) is 36.6. The Morgan fingerprint density at radius 3 is 1.53 bits per heavy atom. The number of benzene rings is 6. The van der Waals surface area contributed by atoms with Crippen molar-refractivity contribution in [3.8, 4) is 73.6 Å². The van der Waals surface area contributed by atoms with Crippen molar-refractivity contribution in [2.24, 2.45) is 0 Å². The maximum Gasteiger partial charge on any atom is 0.495 e. The van der Waals surface area contributed by atoms with E-state index in [2.05, 4.69) is 94.4 Å². The average Bonchev–Trinajstić information content (AvgIpc) is 3.43. The normalized spacial score (nSPS) is 14.5. The van der Waals surface area contributed by atoms with Crippen molar-refractivity contribution in [1.29, 1.82) is 5.26 Å². The maximum absolute atomic E-state index is 9.38. The van der Waals surface area contributed by atoms with Crippen LogP contribution in [0.5, 0.6) is 0 Å². The van der Waals surface area contributed by atoms with Gasteiger partial charge in [0.05, 0.1) is 22.8 Å². The van der Waals surface area contributed by atoms with Crippen LogP contribution in [0.4, 0.5) is 0 Å². The Labute approximate surface area is 310 Å². The first-order valence-electron chi connectivity index (χ1n) is 17.8. The molecule has 2 heterocycles. The number of hydrogen-bond donors (Lipinski definition) is 0. The van der Waals surface area contributed by atoms with Gasteiger partial charge in [0, 0.05) is 16.7 Å². The van der Waals surface area contributed by atoms with Gasteiger partial charge in [-0.1, -0.05) is 133 Å². The van der Waals surface area contributed by atoms with E-state index in [4.69, 9.17) is 24.3 Å². The third-order valence-electron chi connectivity index (χ3n) is 10.3. The molecule has 6 nitrogen and oxygen atoms in total. The SMILES string of the molecule is CC1(C)OB(c2cc(-c3ccc(C#N)cc3)ccc2-c2ccccc2-c2cccc(-c3nc(-c4ccccc4)nc(-c4ccccc4)n3)c2)OC1(C)C. The fraction of sp³-hybridized carbons (Fsp3) is 0.130. The molecule has 0 atom stereocenters. The predicted octanol–water partition coefficient (Wildman–Crippen LogP) is 10.0. The summed E-state index contributed by atoms with van der Waals surface area (Å²) in [5.74, 6) is 1.84. The van der Waals surface area contributed by atoms with Gasteiger partial charge in [-0.15, -0.1) is 0 Å². The maximum atomic E-state index is 9.38. The third-order valence-corrected chi connectivity index (χ3v) is 10.3. The van der Waals surface area contributed by atoms with Crippen LogP contribution in [0.15, 0.2) is 152 Å². The van der Waals surface area contributed by atoms with Gasteiger partial charge < -0.3 is 9.31 Å². The second-order valence-corrected chi connectivity index (χ2v) is 14.2. The van der Waals surface area contributed by atoms with Gasteiger partial charge in [-0.3, -0.25) is 0 Å². The quantitative estimate of drug-likeness (QED) is 0.155. The van der Waals surface area contributed by atoms with Crippen LogP contribution < -0.4 is 5.46 Å². The minimum Gasteiger partial charge on any atom is -0.399 e. The summed E-state index contributed by atoms with van der Waals surface area (Å²) in [6.07, 6.45) is 0. The van der Waals surface area contributed by atoms with Crippen molar-refractivity contribution < 1.29 is 9.31 Å². The lowest BCUT2D eigenvalue weighted by Gasteiger charge is -2.32. The van der Waals surface area contributed by atoms with Crippen LogP contribution in [0.2, 0.25) is 0 Å². The van der Waals surface area contributed by atoms with Gasteiger partial charge >= 0.3 is 7.12 Å². The van der Waals surface area contributed by atoms with Crippen molar-refractivity contribution in [3.05, 3.63) is 157 Å². The van der Waals surface area contributed by atoms with Gasteiger partial charge in [0.2, 0.25) is 0 Å². The molecule has 0 N–H and O–H groups in total. The van der Waals surface area contributed by atoms with Gasteiger partial charge in [0.1, 0.15) is 0 Å². The molecule has 1 saturated heterocycles. The molecular formula is C46H37BN4O2. The smallest absolute Gasteiger partial charge is 0.399 e. The van der Waals surface area contributed by atoms with E-state index in [1.807, 2.05) is 91.0 Å². The molecule has 1 aromatic heterocycles. The van der Waals surface area contributed by atoms with Gasteiger partial charge in [-0.05, 0) is 84.7 Å². The molecule has 0 bridgehead atoms. The number of aromatic nitrogens is 3. The molecule has 0 spiro atoms. The molecule has 7 aromatic rings. The zero-order valence-corrected chi connectivity index (χ0v) is 30.1. The Kier molecular flexibility index (Phi) is 8.79. The zero-order valence-electron chi connectivity index (χ0n) is 30.1. The molecule has 0 unspecified atom stereocenters. The summed E-state index contributed by atoms with van der Waals surface area (Å²) in [4.78, 5) is 14.8. The van der Waals surface area contributed by atoms with Gasteiger partial charge in [0.25, 0.3) is 0 Å². The average molecular weight is 689 g/mol. The third kappa shape index (κ3) is 6.67. The largest absolute Gasteiger partial charge is 0.495 e. The van der Waals surface area contributed by atoms with Crippen LogP contribution in [-0.2, 0) is 9.31 Å². The first kappa shape index (κ1) is 33.9. The molecule has 0 radical (unpaired) electrons. The summed E-state index contributed by atoms with van der Waals surface area (Å²) >= 11 is 0. The van der Waals surface area contributed by atoms with Crippen LogP contribution >= 0.6 is 0 Å². The number of nitriles is 1. The fourth-order valence-electron chi connectivity index (χ4n) is 6.62. The van der Waals surface area contributed by atoms with E-state index in [0.717, 1.165) is 55.5 Å². The predicted molar refractivity (Wildman–Crippen MR) is 213 cm³/mol. The lowest BCUT2D eigenvalue weighted by molar-refractivity contribution is 0.00578. The lowest BCUT2D eigenvalue weighted by atomic mass is 9.72. The minimum absolute atomic E-state index is 0.519. The first-order valence-corrected chi connectivity index (χ1v) is 17.8. The highest BCUT2D eigenvalue weighted by Gasteiger charge is 2.52. The molecule has 53 heavy (non-hydrogen) atoms. The van der Waals surface area contributed by atoms with E-state index in [1.165, 1.54) is 0 Å². The Balaban J connectivity index is 1.25. The highest BCUT2D eigenvalue weighted by atomic mass is 16.7. The van der Waals surface area contributed by atoms with Gasteiger partial charge in [0.15, 0.2) is 17.5 Å². The molecule has 1 fully saturated rings. The Morgan fingerprint density at radius 2 is 0.943 bits per heavy atom. The van der Waals surface area contributed by atoms with Crippen LogP contribution in [0.1, 0.15) is 33.3 Å². The summed E-state index contributed by atoms with van der Waals surface area (Å²) < 4.78 is 13.3. The van der Waals surface area contributed by atoms with Crippen molar-refractivity contribution in [3.63, 3.8) is 0 Å². The molecule has 7 heteroatoms. The Hall–Kier alpha value is -6.20. The summed E-state index contributed by atoms with van der Waals surface area (Å²) in [7, 11) is -0.592. The highest BCUT2D eigenvalue weighted by molar-refractivity contribution is 6.64. The summed E-state index contributed by atoms with van der Waals surface area (Å²) in [6, 6.07) is 53.1. The van der Waals surface area contributed by atoms with Crippen molar-refractivity contribution >= 4 is 12.6 Å². The summed E-state index contributed by atoms with van der Waals surface area (Å²) in [5.41, 5.74) is 9.42. The van der Waals surface area contributed by atoms with E-state index < -0.39 is 18.3 Å². The number of hydrogen-bond acceptors (Lipinski definition) is 6. The van der Waals surface area contributed by atoms with Crippen molar-refractivity contribution in [1.82, 2.24) is 15.0 Å². The van der Waals surface area contributed by atoms with Crippen LogP contribution in [0.25, 0.3) is 67.5 Å². The van der Waals surface area contributed by atoms with E-state index in [1.54, 1.807) is 0 Å². The monoisotopic (exact) mass is 688 g/mol. The molecule has 8 rings (SSSR count). The molecular weight excluding hydrogens is 651 g/mol. The van der Waals surface area contributed by atoms with Crippen LogP contribution in [0, 0.1) is 11.3 Å². The topological polar surface area (TPSA) is 80.9 Å². The first-order chi connectivity index (χ1) is 25.7. The molecule has 0 amide bonds. The van der Waals surface area contributed by atoms with E-state index >= 15 is 0 Å². The lowest BCUT2D eigenvalue weighted by Crippen LogP contribution is -2.41. The number of nitrogens with zero attached hydrogens (tertiary/aromatic N) is 4. The Bertz CT molecular complexity index is 2400. The summed E-state index contributed by atoms with van der Waals surface area (Å²) in [5, 5.41) is 9.38. The molecule has 0 aliphatic carbocycles. The molecule has 1 aliphatic heterocycles. The van der Waals surface area contributed by atoms with Crippen LogP contribution in [0.3, 0.4) is 0 Å². The van der Waals surface area contributed by atoms with Crippen LogP contribution in [-0.4, -0.2) is 33.3 Å². The molecule has 256 valence electrons.